The molecule has 28 heavy (non-hydrogen) atoms. The number of likely N-dealkylation sites (tertiary alicyclic amines) is 1. The van der Waals surface area contributed by atoms with Crippen LogP contribution in [0.4, 0.5) is 0 Å². The van der Waals surface area contributed by atoms with Gasteiger partial charge in [0, 0.05) is 37.9 Å². The molecule has 0 spiro atoms. The molecule has 3 heterocycles. The van der Waals surface area contributed by atoms with Crippen LogP contribution in [0.2, 0.25) is 0 Å². The number of hydrogen-bond donors (Lipinski definition) is 1. The summed E-state index contributed by atoms with van der Waals surface area (Å²) in [7, 11) is 0. The normalized spacial score (nSPS) is 17.6. The van der Waals surface area contributed by atoms with Crippen molar-refractivity contribution in [2.45, 2.75) is 38.1 Å². The molecule has 4 rings (SSSR count). The largest absolute Gasteiger partial charge is 0.352 e. The van der Waals surface area contributed by atoms with Gasteiger partial charge in [-0.05, 0) is 49.9 Å². The molecule has 0 bridgehead atoms. The van der Waals surface area contributed by atoms with Crippen molar-refractivity contribution in [1.82, 2.24) is 19.6 Å². The number of carbonyl (C=O) groups excluding carboxylic acids is 1. The molecule has 1 aromatic carbocycles. The van der Waals surface area contributed by atoms with E-state index in [1.807, 2.05) is 35.0 Å². The van der Waals surface area contributed by atoms with Crippen LogP contribution in [0.1, 0.15) is 30.5 Å². The number of fused-ring (bicyclic) bond motifs is 1. The number of carbonyl (C=O) groups is 1. The zero-order valence-electron chi connectivity index (χ0n) is 16.3. The van der Waals surface area contributed by atoms with Gasteiger partial charge >= 0.3 is 0 Å². The van der Waals surface area contributed by atoms with Crippen LogP contribution >= 0.6 is 0 Å². The fourth-order valence-electron chi connectivity index (χ4n) is 3.96. The van der Waals surface area contributed by atoms with Gasteiger partial charge in [-0.2, -0.15) is 0 Å². The summed E-state index contributed by atoms with van der Waals surface area (Å²) in [4.78, 5) is 19.5. The van der Waals surface area contributed by atoms with Crippen molar-refractivity contribution in [3.05, 3.63) is 72.2 Å². The number of imidazole rings is 1. The van der Waals surface area contributed by atoms with E-state index in [-0.39, 0.29) is 11.9 Å². The highest BCUT2D eigenvalue weighted by Gasteiger charge is 2.21. The lowest BCUT2D eigenvalue weighted by Crippen LogP contribution is -2.48. The number of nitrogens with zero attached hydrogens (tertiary/aromatic N) is 3. The van der Waals surface area contributed by atoms with Gasteiger partial charge in [-0.1, -0.05) is 36.4 Å². The monoisotopic (exact) mass is 376 g/mol. The summed E-state index contributed by atoms with van der Waals surface area (Å²) in [5.74, 6) is 0.131. The average molecular weight is 377 g/mol. The third-order valence-electron chi connectivity index (χ3n) is 5.45. The van der Waals surface area contributed by atoms with Crippen molar-refractivity contribution >= 4 is 11.6 Å². The minimum atomic E-state index is 0.131. The molecule has 1 fully saturated rings. The van der Waals surface area contributed by atoms with E-state index >= 15 is 0 Å². The fraction of sp³-hybridized carbons (Fsp3) is 0.391. The Morgan fingerprint density at radius 1 is 1.11 bits per heavy atom. The second-order valence-corrected chi connectivity index (χ2v) is 7.64. The van der Waals surface area contributed by atoms with Gasteiger partial charge in [0.2, 0.25) is 5.91 Å². The number of hydrogen-bond acceptors (Lipinski definition) is 3. The molecule has 1 saturated heterocycles. The summed E-state index contributed by atoms with van der Waals surface area (Å²) in [6.45, 7) is 3.13. The van der Waals surface area contributed by atoms with E-state index in [0.717, 1.165) is 50.2 Å². The van der Waals surface area contributed by atoms with Crippen molar-refractivity contribution < 1.29 is 4.79 Å². The molecule has 1 N–H and O–H groups in total. The van der Waals surface area contributed by atoms with Crippen LogP contribution in [-0.4, -0.2) is 45.9 Å². The Hall–Kier alpha value is -2.66. The number of piperidine rings is 1. The van der Waals surface area contributed by atoms with Crippen LogP contribution in [0.5, 0.6) is 0 Å². The highest BCUT2D eigenvalue weighted by molar-refractivity contribution is 5.76. The molecule has 0 saturated carbocycles. The Morgan fingerprint density at radius 3 is 2.82 bits per heavy atom. The van der Waals surface area contributed by atoms with Crippen molar-refractivity contribution in [1.29, 1.82) is 0 Å². The molecule has 0 radical (unpaired) electrons. The van der Waals surface area contributed by atoms with Crippen molar-refractivity contribution in [3.63, 3.8) is 0 Å². The van der Waals surface area contributed by atoms with E-state index in [9.17, 15) is 4.79 Å². The highest BCUT2D eigenvalue weighted by Crippen LogP contribution is 2.12. The second-order valence-electron chi connectivity index (χ2n) is 7.64. The number of pyridine rings is 1. The third-order valence-corrected chi connectivity index (χ3v) is 5.45. The summed E-state index contributed by atoms with van der Waals surface area (Å²) in [6.07, 6.45) is 8.44. The second kappa shape index (κ2) is 9.02. The Morgan fingerprint density at radius 2 is 1.96 bits per heavy atom. The molecule has 1 amide bonds. The third kappa shape index (κ3) is 4.98. The minimum Gasteiger partial charge on any atom is -0.352 e. The van der Waals surface area contributed by atoms with Crippen LogP contribution in [0.3, 0.4) is 0 Å². The highest BCUT2D eigenvalue weighted by atomic mass is 16.1. The smallest absolute Gasteiger partial charge is 0.220 e. The van der Waals surface area contributed by atoms with E-state index in [4.69, 9.17) is 0 Å². The van der Waals surface area contributed by atoms with E-state index in [2.05, 4.69) is 45.5 Å². The maximum Gasteiger partial charge on any atom is 0.220 e. The summed E-state index contributed by atoms with van der Waals surface area (Å²) >= 11 is 0. The summed E-state index contributed by atoms with van der Waals surface area (Å²) in [6, 6.07) is 16.8. The van der Waals surface area contributed by atoms with Gasteiger partial charge < -0.3 is 14.6 Å². The quantitative estimate of drug-likeness (QED) is 0.689. The zero-order chi connectivity index (χ0) is 19.2. The lowest BCUT2D eigenvalue weighted by atomic mass is 10.0. The zero-order valence-corrected chi connectivity index (χ0v) is 16.3. The van der Waals surface area contributed by atoms with Crippen LogP contribution in [0.15, 0.2) is 60.9 Å². The molecule has 1 aliphatic heterocycles. The number of aromatic nitrogens is 2. The Labute approximate surface area is 166 Å². The fourth-order valence-corrected chi connectivity index (χ4v) is 3.96. The number of rotatable bonds is 7. The topological polar surface area (TPSA) is 49.6 Å². The molecular formula is C23H28N4O. The van der Waals surface area contributed by atoms with Gasteiger partial charge in [0.25, 0.3) is 0 Å². The molecule has 1 atom stereocenters. The van der Waals surface area contributed by atoms with Gasteiger partial charge in [0.15, 0.2) is 0 Å². The number of nitrogens with one attached hydrogen (secondary N) is 1. The summed E-state index contributed by atoms with van der Waals surface area (Å²) in [5, 5.41) is 3.24. The van der Waals surface area contributed by atoms with Crippen LogP contribution in [-0.2, 0) is 17.6 Å². The Bertz CT molecular complexity index is 872. The summed E-state index contributed by atoms with van der Waals surface area (Å²) in [5.41, 5.74) is 3.27. The number of aryl methyl sites for hydroxylation is 1. The van der Waals surface area contributed by atoms with Crippen molar-refractivity contribution in [3.8, 4) is 0 Å². The average Bonchev–Trinajstić information content (AvgIpc) is 3.15. The lowest BCUT2D eigenvalue weighted by molar-refractivity contribution is -0.122. The molecule has 3 aromatic rings. The van der Waals surface area contributed by atoms with E-state index in [0.29, 0.717) is 12.8 Å². The van der Waals surface area contributed by atoms with E-state index < -0.39 is 0 Å². The first-order chi connectivity index (χ1) is 13.8. The van der Waals surface area contributed by atoms with Crippen molar-refractivity contribution in [2.75, 3.05) is 19.6 Å². The first-order valence-electron chi connectivity index (χ1n) is 10.2. The van der Waals surface area contributed by atoms with Crippen LogP contribution in [0.25, 0.3) is 5.65 Å². The lowest BCUT2D eigenvalue weighted by Gasteiger charge is -2.33. The molecule has 5 heteroatoms. The molecule has 1 aliphatic rings. The molecule has 2 aromatic heterocycles. The van der Waals surface area contributed by atoms with Gasteiger partial charge in [-0.15, -0.1) is 0 Å². The van der Waals surface area contributed by atoms with Gasteiger partial charge in [-0.25, -0.2) is 4.98 Å². The first-order valence-corrected chi connectivity index (χ1v) is 10.2. The van der Waals surface area contributed by atoms with Crippen LogP contribution < -0.4 is 5.32 Å². The van der Waals surface area contributed by atoms with Crippen molar-refractivity contribution in [2.24, 2.45) is 0 Å². The molecular weight excluding hydrogens is 348 g/mol. The molecule has 5 nitrogen and oxygen atoms in total. The SMILES string of the molecule is O=C(CCc1cn2ccccc2n1)N[C@@H]1CCCN(CCc2ccccc2)C1. The minimum absolute atomic E-state index is 0.131. The molecule has 146 valence electrons. The van der Waals surface area contributed by atoms with Gasteiger partial charge in [0.05, 0.1) is 5.69 Å². The first kappa shape index (κ1) is 18.7. The Balaban J connectivity index is 1.22. The summed E-state index contributed by atoms with van der Waals surface area (Å²) < 4.78 is 2.00. The number of benzene rings is 1. The predicted molar refractivity (Wildman–Crippen MR) is 111 cm³/mol. The predicted octanol–water partition coefficient (Wildman–Crippen LogP) is 3.09. The Kier molecular flexibility index (Phi) is 6.02. The maximum absolute atomic E-state index is 12.4. The maximum atomic E-state index is 12.4. The van der Waals surface area contributed by atoms with Crippen LogP contribution in [0, 0.1) is 0 Å². The van der Waals surface area contributed by atoms with E-state index in [1.54, 1.807) is 0 Å². The standard InChI is InChI=1S/C23H28N4O/c28-23(12-11-21-18-27-15-5-4-10-22(27)24-21)25-20-9-6-14-26(17-20)16-13-19-7-2-1-3-8-19/h1-5,7-8,10,15,18,20H,6,9,11-14,16-17H2,(H,25,28)/t20-/m1/s1. The van der Waals surface area contributed by atoms with Gasteiger partial charge in [-0.3, -0.25) is 4.79 Å². The number of amides is 1. The molecule has 0 aliphatic carbocycles. The van der Waals surface area contributed by atoms with Gasteiger partial charge in [0.1, 0.15) is 5.65 Å². The van der Waals surface area contributed by atoms with E-state index in [1.165, 1.54) is 5.56 Å². The molecule has 0 unspecified atom stereocenters.